The number of para-hydroxylation sites is 1. The van der Waals surface area contributed by atoms with Gasteiger partial charge in [-0.15, -0.1) is 0 Å². The number of benzene rings is 5. The Labute approximate surface area is 207 Å². The quantitative estimate of drug-likeness (QED) is 0.243. The zero-order valence-electron chi connectivity index (χ0n) is 19.5. The van der Waals surface area contributed by atoms with Gasteiger partial charge in [0.2, 0.25) is 0 Å². The molecule has 8 aromatic rings. The van der Waals surface area contributed by atoms with Crippen LogP contribution in [-0.4, -0.2) is 14.1 Å². The molecule has 0 spiro atoms. The van der Waals surface area contributed by atoms with Crippen molar-refractivity contribution < 1.29 is 0 Å². The van der Waals surface area contributed by atoms with E-state index in [9.17, 15) is 0 Å². The summed E-state index contributed by atoms with van der Waals surface area (Å²) in [5, 5.41) is 6.50. The van der Waals surface area contributed by atoms with Gasteiger partial charge in [-0.1, -0.05) is 60.7 Å². The van der Waals surface area contributed by atoms with Gasteiger partial charge in [-0.3, -0.25) is 4.98 Å². The summed E-state index contributed by atoms with van der Waals surface area (Å²) in [5.41, 5.74) is 8.27. The van der Waals surface area contributed by atoms with Crippen molar-refractivity contribution in [1.29, 1.82) is 0 Å². The molecule has 3 heterocycles. The van der Waals surface area contributed by atoms with Crippen LogP contribution < -0.4 is 0 Å². The molecule has 8 rings (SSSR count). The number of pyridine rings is 1. The van der Waals surface area contributed by atoms with Gasteiger partial charge in [0, 0.05) is 51.7 Å². The number of fused-ring (bicyclic) bond motifs is 2. The molecule has 3 nitrogen and oxygen atoms in total. The first-order chi connectivity index (χ1) is 17.9. The maximum absolute atomic E-state index is 4.33. The topological polar surface area (TPSA) is 22.8 Å². The highest BCUT2D eigenvalue weighted by atomic mass is 15.0. The minimum Gasteiger partial charge on any atom is -0.316 e. The van der Waals surface area contributed by atoms with E-state index in [2.05, 4.69) is 123 Å². The zero-order chi connectivity index (χ0) is 23.6. The standard InChI is InChI=1S/C33H21N3/c1-2-10-25(11-3-1)35-18-16-27-28-15-14-22-7-5-13-29-32(22)33(28)31(20-30(27)35)36(29)26-12-4-8-23(19-26)24-9-6-17-34-21-24/h1-21H. The molecule has 0 fully saturated rings. The molecule has 3 heteroatoms. The molecular formula is C33H21N3. The Hall–Kier alpha value is -4.89. The van der Waals surface area contributed by atoms with Gasteiger partial charge >= 0.3 is 0 Å². The molecule has 168 valence electrons. The molecule has 36 heavy (non-hydrogen) atoms. The van der Waals surface area contributed by atoms with Crippen molar-refractivity contribution in [2.24, 2.45) is 0 Å². The number of nitrogens with zero attached hydrogens (tertiary/aromatic N) is 3. The third-order valence-electron chi connectivity index (χ3n) is 7.38. The molecule has 0 amide bonds. The molecule has 0 radical (unpaired) electrons. The van der Waals surface area contributed by atoms with Gasteiger partial charge in [-0.2, -0.15) is 0 Å². The first kappa shape index (κ1) is 19.4. The number of hydrogen-bond acceptors (Lipinski definition) is 1. The van der Waals surface area contributed by atoms with Crippen LogP contribution in [0.2, 0.25) is 0 Å². The molecular weight excluding hydrogens is 438 g/mol. The van der Waals surface area contributed by atoms with Crippen LogP contribution in [0.5, 0.6) is 0 Å². The van der Waals surface area contributed by atoms with Crippen LogP contribution in [0.3, 0.4) is 0 Å². The van der Waals surface area contributed by atoms with Gasteiger partial charge in [-0.25, -0.2) is 0 Å². The van der Waals surface area contributed by atoms with Gasteiger partial charge in [0.1, 0.15) is 0 Å². The van der Waals surface area contributed by atoms with Crippen molar-refractivity contribution in [3.8, 4) is 22.5 Å². The van der Waals surface area contributed by atoms with E-state index in [0.29, 0.717) is 0 Å². The second-order valence-electron chi connectivity index (χ2n) is 9.34. The number of hydrogen-bond donors (Lipinski definition) is 0. The molecule has 0 aliphatic carbocycles. The van der Waals surface area contributed by atoms with Gasteiger partial charge in [-0.05, 0) is 64.9 Å². The second-order valence-corrected chi connectivity index (χ2v) is 9.34. The molecule has 0 atom stereocenters. The van der Waals surface area contributed by atoms with Crippen LogP contribution in [0.1, 0.15) is 0 Å². The first-order valence-electron chi connectivity index (χ1n) is 12.2. The molecule has 0 bridgehead atoms. The normalized spacial score (nSPS) is 11.9. The van der Waals surface area contributed by atoms with Crippen LogP contribution in [0.4, 0.5) is 0 Å². The highest BCUT2D eigenvalue weighted by molar-refractivity contribution is 6.29. The molecule has 0 saturated heterocycles. The van der Waals surface area contributed by atoms with Crippen molar-refractivity contribution in [3.63, 3.8) is 0 Å². The summed E-state index contributed by atoms with van der Waals surface area (Å²) in [7, 11) is 0. The Balaban J connectivity index is 1.50. The lowest BCUT2D eigenvalue weighted by molar-refractivity contribution is 1.13. The Kier molecular flexibility index (Phi) is 3.94. The number of aromatic nitrogens is 3. The molecule has 0 aliphatic heterocycles. The summed E-state index contributed by atoms with van der Waals surface area (Å²) in [6.45, 7) is 0. The van der Waals surface area contributed by atoms with Crippen molar-refractivity contribution in [2.75, 3.05) is 0 Å². The molecule has 0 N–H and O–H groups in total. The van der Waals surface area contributed by atoms with Crippen molar-refractivity contribution in [3.05, 3.63) is 128 Å². The van der Waals surface area contributed by atoms with Crippen molar-refractivity contribution in [1.82, 2.24) is 14.1 Å². The van der Waals surface area contributed by atoms with Crippen LogP contribution in [0.15, 0.2) is 128 Å². The predicted molar refractivity (Wildman–Crippen MR) is 150 cm³/mol. The minimum atomic E-state index is 1.12. The fourth-order valence-electron chi connectivity index (χ4n) is 5.81. The van der Waals surface area contributed by atoms with E-state index < -0.39 is 0 Å². The largest absolute Gasteiger partial charge is 0.316 e. The van der Waals surface area contributed by atoms with E-state index in [-0.39, 0.29) is 0 Å². The summed E-state index contributed by atoms with van der Waals surface area (Å²) in [6.07, 6.45) is 5.93. The fourth-order valence-corrected chi connectivity index (χ4v) is 5.81. The van der Waals surface area contributed by atoms with E-state index in [1.54, 1.807) is 0 Å². The molecule has 0 unspecified atom stereocenters. The minimum absolute atomic E-state index is 1.12. The summed E-state index contributed by atoms with van der Waals surface area (Å²) in [6, 6.07) is 39.3. The smallest absolute Gasteiger partial charge is 0.0568 e. The van der Waals surface area contributed by atoms with Crippen LogP contribution in [0, 0.1) is 0 Å². The van der Waals surface area contributed by atoms with Gasteiger partial charge < -0.3 is 9.13 Å². The molecule has 3 aromatic heterocycles. The SMILES string of the molecule is c1ccc(-n2ccc3c4ccc5cccc6c5c4c(cc32)n6-c2cccc(-c3cccnc3)c2)cc1. The zero-order valence-corrected chi connectivity index (χ0v) is 19.5. The Morgan fingerprint density at radius 3 is 2.28 bits per heavy atom. The summed E-state index contributed by atoms with van der Waals surface area (Å²) in [5.74, 6) is 0. The molecule has 0 saturated carbocycles. The van der Waals surface area contributed by atoms with Gasteiger partial charge in [0.25, 0.3) is 0 Å². The molecule has 5 aromatic carbocycles. The number of rotatable bonds is 3. The third kappa shape index (κ3) is 2.65. The van der Waals surface area contributed by atoms with Gasteiger partial charge in [0.05, 0.1) is 16.6 Å². The van der Waals surface area contributed by atoms with Crippen LogP contribution >= 0.6 is 0 Å². The summed E-state index contributed by atoms with van der Waals surface area (Å²) in [4.78, 5) is 4.33. The third-order valence-corrected chi connectivity index (χ3v) is 7.38. The Morgan fingerprint density at radius 2 is 1.39 bits per heavy atom. The van der Waals surface area contributed by atoms with Crippen LogP contribution in [-0.2, 0) is 0 Å². The van der Waals surface area contributed by atoms with E-state index in [1.807, 2.05) is 18.5 Å². The van der Waals surface area contributed by atoms with Crippen LogP contribution in [0.25, 0.3) is 66.0 Å². The summed E-state index contributed by atoms with van der Waals surface area (Å²) < 4.78 is 4.72. The maximum atomic E-state index is 4.33. The van der Waals surface area contributed by atoms with E-state index in [0.717, 1.165) is 16.8 Å². The first-order valence-corrected chi connectivity index (χ1v) is 12.2. The van der Waals surface area contributed by atoms with E-state index in [4.69, 9.17) is 0 Å². The fraction of sp³-hybridized carbons (Fsp3) is 0. The molecule has 0 aliphatic rings. The van der Waals surface area contributed by atoms with Crippen molar-refractivity contribution >= 4 is 43.5 Å². The Morgan fingerprint density at radius 1 is 0.528 bits per heavy atom. The lowest BCUT2D eigenvalue weighted by atomic mass is 10.00. The Bertz CT molecular complexity index is 2030. The summed E-state index contributed by atoms with van der Waals surface area (Å²) >= 11 is 0. The van der Waals surface area contributed by atoms with E-state index in [1.165, 1.54) is 49.2 Å². The highest BCUT2D eigenvalue weighted by Crippen LogP contribution is 2.42. The maximum Gasteiger partial charge on any atom is 0.0568 e. The lowest BCUT2D eigenvalue weighted by Gasteiger charge is -2.11. The highest BCUT2D eigenvalue weighted by Gasteiger charge is 2.20. The van der Waals surface area contributed by atoms with E-state index >= 15 is 0 Å². The monoisotopic (exact) mass is 459 g/mol. The average Bonchev–Trinajstić information content (AvgIpc) is 3.53. The van der Waals surface area contributed by atoms with Gasteiger partial charge in [0.15, 0.2) is 0 Å². The second kappa shape index (κ2) is 7.30. The van der Waals surface area contributed by atoms with Crippen molar-refractivity contribution in [2.45, 2.75) is 0 Å². The lowest BCUT2D eigenvalue weighted by Crippen LogP contribution is -1.95. The predicted octanol–water partition coefficient (Wildman–Crippen LogP) is 8.38. The average molecular weight is 460 g/mol.